The van der Waals surface area contributed by atoms with Gasteiger partial charge in [-0.3, -0.25) is 13.9 Å². The number of sulfonamides is 1. The molecule has 0 aromatic heterocycles. The second kappa shape index (κ2) is 16.3. The number of halogens is 1. The van der Waals surface area contributed by atoms with Crippen molar-refractivity contribution in [3.63, 3.8) is 0 Å². The van der Waals surface area contributed by atoms with Crippen LogP contribution in [-0.4, -0.2) is 58.5 Å². The minimum absolute atomic E-state index is 0.0343. The van der Waals surface area contributed by atoms with Crippen molar-refractivity contribution < 1.29 is 27.5 Å². The Kier molecular flexibility index (Phi) is 12.3. The van der Waals surface area contributed by atoms with Gasteiger partial charge >= 0.3 is 0 Å². The predicted octanol–water partition coefficient (Wildman–Crippen LogP) is 5.96. The molecule has 0 spiro atoms. The summed E-state index contributed by atoms with van der Waals surface area (Å²) in [5.41, 5.74) is 1.61. The predicted molar refractivity (Wildman–Crippen MR) is 184 cm³/mol. The number of carbonyl (C=O) groups excluding carboxylic acids is 2. The van der Waals surface area contributed by atoms with Crippen molar-refractivity contribution >= 4 is 39.1 Å². The Morgan fingerprint density at radius 3 is 2.11 bits per heavy atom. The van der Waals surface area contributed by atoms with E-state index in [1.807, 2.05) is 44.2 Å². The number of hydrogen-bond acceptors (Lipinski definition) is 6. The van der Waals surface area contributed by atoms with Crippen LogP contribution >= 0.6 is 11.6 Å². The first-order valence-electron chi connectivity index (χ1n) is 15.2. The van der Waals surface area contributed by atoms with E-state index in [0.29, 0.717) is 22.9 Å². The van der Waals surface area contributed by atoms with Crippen LogP contribution in [0, 0.1) is 5.92 Å². The summed E-state index contributed by atoms with van der Waals surface area (Å²) in [6.07, 6.45) is 0.195. The number of methoxy groups -OCH3 is 2. The molecule has 47 heavy (non-hydrogen) atoms. The Labute approximate surface area is 282 Å². The van der Waals surface area contributed by atoms with Crippen LogP contribution in [0.5, 0.6) is 11.5 Å². The topological polar surface area (TPSA) is 105 Å². The van der Waals surface area contributed by atoms with Gasteiger partial charge in [-0.1, -0.05) is 86.1 Å². The molecule has 0 aliphatic rings. The van der Waals surface area contributed by atoms with Crippen LogP contribution in [0.15, 0.2) is 108 Å². The third kappa shape index (κ3) is 9.05. The zero-order valence-electron chi connectivity index (χ0n) is 26.9. The van der Waals surface area contributed by atoms with Crippen molar-refractivity contribution in [3.05, 3.63) is 119 Å². The summed E-state index contributed by atoms with van der Waals surface area (Å²) >= 11 is 6.57. The fourth-order valence-electron chi connectivity index (χ4n) is 5.01. The van der Waals surface area contributed by atoms with Gasteiger partial charge in [0.05, 0.1) is 24.8 Å². The van der Waals surface area contributed by atoms with Gasteiger partial charge in [-0.05, 0) is 59.5 Å². The lowest BCUT2D eigenvalue weighted by atomic mass is 10.0. The first-order chi connectivity index (χ1) is 22.5. The van der Waals surface area contributed by atoms with Crippen molar-refractivity contribution in [1.29, 1.82) is 0 Å². The number of benzene rings is 4. The van der Waals surface area contributed by atoms with E-state index in [4.69, 9.17) is 21.1 Å². The molecule has 9 nitrogen and oxygen atoms in total. The molecule has 0 fully saturated rings. The number of para-hydroxylation sites is 2. The summed E-state index contributed by atoms with van der Waals surface area (Å²) < 4.78 is 40.4. The van der Waals surface area contributed by atoms with Gasteiger partial charge in [0.2, 0.25) is 11.8 Å². The van der Waals surface area contributed by atoms with Gasteiger partial charge in [0.15, 0.2) is 0 Å². The van der Waals surface area contributed by atoms with E-state index in [1.165, 1.54) is 43.4 Å². The average Bonchev–Trinajstić information content (AvgIpc) is 3.08. The van der Waals surface area contributed by atoms with Crippen LogP contribution in [0.3, 0.4) is 0 Å². The Bertz CT molecular complexity index is 1750. The number of anilines is 1. The van der Waals surface area contributed by atoms with Gasteiger partial charge in [0, 0.05) is 24.5 Å². The first kappa shape index (κ1) is 35.3. The minimum atomic E-state index is -4.32. The fourth-order valence-corrected chi connectivity index (χ4v) is 6.63. The molecule has 0 saturated heterocycles. The normalized spacial score (nSPS) is 11.9. The molecule has 2 amide bonds. The maximum atomic E-state index is 14.6. The van der Waals surface area contributed by atoms with Crippen LogP contribution in [0.1, 0.15) is 25.0 Å². The maximum absolute atomic E-state index is 14.6. The molecule has 4 aromatic rings. The second-order valence-corrected chi connectivity index (χ2v) is 13.6. The quantitative estimate of drug-likeness (QED) is 0.166. The van der Waals surface area contributed by atoms with E-state index in [1.54, 1.807) is 48.5 Å². The third-order valence-electron chi connectivity index (χ3n) is 7.53. The van der Waals surface area contributed by atoms with Gasteiger partial charge in [0.1, 0.15) is 24.1 Å². The Morgan fingerprint density at radius 1 is 0.830 bits per heavy atom. The lowest BCUT2D eigenvalue weighted by Gasteiger charge is -2.34. The lowest BCUT2D eigenvalue weighted by molar-refractivity contribution is -0.140. The number of ether oxygens (including phenoxy) is 2. The Balaban J connectivity index is 1.83. The molecule has 0 aliphatic heterocycles. The van der Waals surface area contributed by atoms with Crippen molar-refractivity contribution in [2.75, 3.05) is 31.6 Å². The zero-order valence-corrected chi connectivity index (χ0v) is 28.5. The summed E-state index contributed by atoms with van der Waals surface area (Å²) in [6, 6.07) is 27.9. The lowest BCUT2D eigenvalue weighted by Crippen LogP contribution is -2.53. The molecule has 0 bridgehead atoms. The number of rotatable bonds is 15. The highest BCUT2D eigenvalue weighted by molar-refractivity contribution is 7.92. The molecular formula is C36H40ClN3O6S. The van der Waals surface area contributed by atoms with Crippen molar-refractivity contribution in [3.8, 4) is 11.5 Å². The van der Waals surface area contributed by atoms with Gasteiger partial charge in [0.25, 0.3) is 10.0 Å². The van der Waals surface area contributed by atoms with E-state index >= 15 is 0 Å². The fraction of sp³-hybridized carbons (Fsp3) is 0.278. The largest absolute Gasteiger partial charge is 0.497 e. The smallest absolute Gasteiger partial charge is 0.264 e. The number of hydrogen-bond donors (Lipinski definition) is 1. The van der Waals surface area contributed by atoms with Gasteiger partial charge in [-0.15, -0.1) is 0 Å². The number of carbonyl (C=O) groups is 2. The summed E-state index contributed by atoms with van der Waals surface area (Å²) in [5, 5.41) is 3.39. The van der Waals surface area contributed by atoms with Gasteiger partial charge in [-0.2, -0.15) is 0 Å². The van der Waals surface area contributed by atoms with E-state index in [9.17, 15) is 18.0 Å². The van der Waals surface area contributed by atoms with E-state index < -0.39 is 28.5 Å². The highest BCUT2D eigenvalue weighted by Crippen LogP contribution is 2.33. The molecule has 248 valence electrons. The third-order valence-corrected chi connectivity index (χ3v) is 9.68. The van der Waals surface area contributed by atoms with Gasteiger partial charge in [-0.25, -0.2) is 8.42 Å². The van der Waals surface area contributed by atoms with Crippen LogP contribution < -0.4 is 19.1 Å². The minimum Gasteiger partial charge on any atom is -0.497 e. The van der Waals surface area contributed by atoms with E-state index in [0.717, 1.165) is 9.87 Å². The number of nitrogens with one attached hydrogen (secondary N) is 1. The highest BCUT2D eigenvalue weighted by atomic mass is 35.5. The van der Waals surface area contributed by atoms with Crippen LogP contribution in [0.25, 0.3) is 0 Å². The maximum Gasteiger partial charge on any atom is 0.264 e. The Hall–Kier alpha value is -4.54. The van der Waals surface area contributed by atoms with Crippen molar-refractivity contribution in [2.45, 2.75) is 37.8 Å². The molecule has 0 heterocycles. The number of nitrogens with zero attached hydrogens (tertiary/aromatic N) is 2. The molecule has 1 N–H and O–H groups in total. The molecule has 4 aromatic carbocycles. The Morgan fingerprint density at radius 2 is 1.47 bits per heavy atom. The number of amides is 2. The first-order valence-corrected chi connectivity index (χ1v) is 17.0. The molecule has 0 unspecified atom stereocenters. The van der Waals surface area contributed by atoms with Crippen molar-refractivity contribution in [1.82, 2.24) is 10.2 Å². The van der Waals surface area contributed by atoms with E-state index in [2.05, 4.69) is 5.32 Å². The molecule has 0 radical (unpaired) electrons. The van der Waals surface area contributed by atoms with Crippen molar-refractivity contribution in [2.24, 2.45) is 5.92 Å². The second-order valence-electron chi connectivity index (χ2n) is 11.3. The standard InChI is InChI=1S/C36H40ClN3O6S/c1-26(2)23-38-36(42)33(22-27-12-6-5-7-13-27)39(24-28-14-8-9-15-31(28)37)35(41)25-40(32-16-10-11-17-34(32)46-4)47(43,44)30-20-18-29(45-3)19-21-30/h5-21,26,33H,22-25H2,1-4H3,(H,38,42)/t33-/m0/s1. The summed E-state index contributed by atoms with van der Waals surface area (Å²) in [5.74, 6) is -0.0606. The summed E-state index contributed by atoms with van der Waals surface area (Å²) in [7, 11) is -1.41. The van der Waals surface area contributed by atoms with Crippen LogP contribution in [-0.2, 0) is 32.6 Å². The molecule has 11 heteroatoms. The molecule has 0 aliphatic carbocycles. The zero-order chi connectivity index (χ0) is 34.0. The molecule has 4 rings (SSSR count). The molecule has 1 atom stereocenters. The average molecular weight is 678 g/mol. The monoisotopic (exact) mass is 677 g/mol. The van der Waals surface area contributed by atoms with Crippen LogP contribution in [0.2, 0.25) is 5.02 Å². The van der Waals surface area contributed by atoms with E-state index in [-0.39, 0.29) is 41.1 Å². The van der Waals surface area contributed by atoms with Gasteiger partial charge < -0.3 is 19.7 Å². The molecular weight excluding hydrogens is 638 g/mol. The van der Waals surface area contributed by atoms with Crippen LogP contribution in [0.4, 0.5) is 5.69 Å². The SMILES string of the molecule is COc1ccc(S(=O)(=O)N(CC(=O)N(Cc2ccccc2Cl)[C@@H](Cc2ccccc2)C(=O)NCC(C)C)c2ccccc2OC)cc1. The highest BCUT2D eigenvalue weighted by Gasteiger charge is 2.35. The summed E-state index contributed by atoms with van der Waals surface area (Å²) in [4.78, 5) is 29.9. The summed E-state index contributed by atoms with van der Waals surface area (Å²) in [6.45, 7) is 3.70. The molecule has 0 saturated carbocycles.